The first kappa shape index (κ1) is 21.5. The van der Waals surface area contributed by atoms with Crippen molar-refractivity contribution in [3.05, 3.63) is 63.5 Å². The van der Waals surface area contributed by atoms with Crippen molar-refractivity contribution in [1.82, 2.24) is 9.88 Å². The van der Waals surface area contributed by atoms with Gasteiger partial charge in [0.25, 0.3) is 0 Å². The fourth-order valence-electron chi connectivity index (χ4n) is 4.86. The largest absolute Gasteiger partial charge is 0.469 e. The smallest absolute Gasteiger partial charge is 0.218 e. The van der Waals surface area contributed by atoms with Crippen molar-refractivity contribution in [2.75, 3.05) is 18.0 Å². The summed E-state index contributed by atoms with van der Waals surface area (Å²) in [6.07, 6.45) is 2.32. The maximum absolute atomic E-state index is 11.1. The van der Waals surface area contributed by atoms with Crippen LogP contribution < -0.4 is 15.4 Å². The van der Waals surface area contributed by atoms with E-state index >= 15 is 0 Å². The predicted octanol–water partition coefficient (Wildman–Crippen LogP) is 4.10. The zero-order valence-corrected chi connectivity index (χ0v) is 19.4. The van der Waals surface area contributed by atoms with Gasteiger partial charge in [-0.25, -0.2) is 9.98 Å². The van der Waals surface area contributed by atoms with Gasteiger partial charge >= 0.3 is 0 Å². The summed E-state index contributed by atoms with van der Waals surface area (Å²) in [4.78, 5) is 13.1. The number of nitrogens with two attached hydrogens (primary N) is 1. The molecular weight excluding hydrogens is 449 g/mol. The lowest BCUT2D eigenvalue weighted by molar-refractivity contribution is 0.00582. The number of aromatic nitrogens is 1. The van der Waals surface area contributed by atoms with Gasteiger partial charge in [-0.05, 0) is 32.0 Å². The zero-order chi connectivity index (χ0) is 22.6. The van der Waals surface area contributed by atoms with E-state index in [2.05, 4.69) is 9.88 Å². The minimum absolute atomic E-state index is 0.203. The number of aliphatic hydroxyl groups excluding tert-OH is 1. The Balaban J connectivity index is 1.37. The Kier molecular flexibility index (Phi) is 5.33. The normalized spacial score (nSPS) is 24.5. The minimum Gasteiger partial charge on any atom is -0.469 e. The van der Waals surface area contributed by atoms with Crippen LogP contribution in [0.2, 0.25) is 10.0 Å². The molecule has 2 aromatic rings. The van der Waals surface area contributed by atoms with E-state index in [0.29, 0.717) is 27.4 Å². The monoisotopic (exact) mass is 473 g/mol. The second kappa shape index (κ2) is 7.92. The standard InChI is InChI=1S/C23H25Cl2N5O2/c1-13-20(28-14(2)30(22(13)31)17-7-3-6-16(24)18(17)25)29-11-8-23(9-12-29)19(26)15-5-4-10-27-21(15)32-23/h3-7,10,19,22,31H,8-9,11-12,26H2,1-2H3. The lowest BCUT2D eigenvalue weighted by Crippen LogP contribution is -2.52. The van der Waals surface area contributed by atoms with Crippen LogP contribution in [0.1, 0.15) is 38.3 Å². The van der Waals surface area contributed by atoms with Crippen LogP contribution in [0.15, 0.2) is 52.9 Å². The van der Waals surface area contributed by atoms with Crippen LogP contribution >= 0.6 is 23.2 Å². The van der Waals surface area contributed by atoms with Gasteiger partial charge in [-0.1, -0.05) is 35.3 Å². The van der Waals surface area contributed by atoms with E-state index in [4.69, 9.17) is 38.7 Å². The molecule has 0 bridgehead atoms. The van der Waals surface area contributed by atoms with Gasteiger partial charge < -0.3 is 20.5 Å². The molecule has 168 valence electrons. The number of nitrogens with zero attached hydrogens (tertiary/aromatic N) is 4. The van der Waals surface area contributed by atoms with E-state index in [1.54, 1.807) is 23.2 Å². The molecule has 3 aliphatic heterocycles. The molecular formula is C23H25Cl2N5O2. The number of likely N-dealkylation sites (tertiary alicyclic amines) is 1. The fourth-order valence-corrected chi connectivity index (χ4v) is 5.25. The van der Waals surface area contributed by atoms with E-state index in [1.807, 2.05) is 32.0 Å². The highest BCUT2D eigenvalue weighted by Gasteiger charge is 2.49. The number of anilines is 1. The Hall–Kier alpha value is -2.32. The lowest BCUT2D eigenvalue weighted by atomic mass is 9.83. The summed E-state index contributed by atoms with van der Waals surface area (Å²) in [5.74, 6) is 2.06. The van der Waals surface area contributed by atoms with Gasteiger partial charge in [-0.3, -0.25) is 4.90 Å². The molecule has 0 amide bonds. The second-order valence-corrected chi connectivity index (χ2v) is 9.30. The van der Waals surface area contributed by atoms with Crippen molar-refractivity contribution in [3.63, 3.8) is 0 Å². The number of rotatable bonds is 2. The molecule has 2 unspecified atom stereocenters. The van der Waals surface area contributed by atoms with Crippen LogP contribution in [-0.2, 0) is 0 Å². The Morgan fingerprint density at radius 2 is 1.91 bits per heavy atom. The number of hydrogen-bond acceptors (Lipinski definition) is 7. The van der Waals surface area contributed by atoms with Crippen LogP contribution in [0.5, 0.6) is 5.88 Å². The third-order valence-corrected chi connectivity index (χ3v) is 7.51. The molecule has 2 atom stereocenters. The van der Waals surface area contributed by atoms with E-state index in [-0.39, 0.29) is 6.04 Å². The minimum atomic E-state index is -0.896. The van der Waals surface area contributed by atoms with Crippen molar-refractivity contribution in [3.8, 4) is 5.88 Å². The molecule has 1 aromatic carbocycles. The van der Waals surface area contributed by atoms with Gasteiger partial charge in [-0.2, -0.15) is 0 Å². The number of fused-ring (bicyclic) bond motifs is 1. The van der Waals surface area contributed by atoms with E-state index in [9.17, 15) is 5.11 Å². The van der Waals surface area contributed by atoms with Gasteiger partial charge in [0.15, 0.2) is 6.23 Å². The molecule has 4 heterocycles. The Morgan fingerprint density at radius 1 is 1.16 bits per heavy atom. The molecule has 3 N–H and O–H groups in total. The fraction of sp³-hybridized carbons (Fsp3) is 0.391. The molecule has 1 fully saturated rings. The van der Waals surface area contributed by atoms with Gasteiger partial charge in [0, 0.05) is 43.3 Å². The van der Waals surface area contributed by atoms with Crippen LogP contribution in [0.25, 0.3) is 0 Å². The Bertz CT molecular complexity index is 1130. The van der Waals surface area contributed by atoms with Crippen molar-refractivity contribution in [2.24, 2.45) is 10.7 Å². The number of halogens is 2. The highest BCUT2D eigenvalue weighted by molar-refractivity contribution is 6.44. The summed E-state index contributed by atoms with van der Waals surface area (Å²) in [6.45, 7) is 5.19. The molecule has 5 rings (SSSR count). The molecule has 1 aromatic heterocycles. The SMILES string of the molecule is CC1=NC(N2CCC3(CC2)Oc2ncccc2C3N)=C(C)C(O)N1c1cccc(Cl)c1Cl. The first-order valence-corrected chi connectivity index (χ1v) is 11.4. The van der Waals surface area contributed by atoms with Gasteiger partial charge in [0.1, 0.15) is 17.3 Å². The van der Waals surface area contributed by atoms with E-state index in [0.717, 1.165) is 42.9 Å². The Morgan fingerprint density at radius 3 is 2.62 bits per heavy atom. The number of ether oxygens (including phenoxy) is 1. The highest BCUT2D eigenvalue weighted by Crippen LogP contribution is 2.46. The van der Waals surface area contributed by atoms with Crippen LogP contribution in [-0.4, -0.2) is 45.7 Å². The molecule has 32 heavy (non-hydrogen) atoms. The van der Waals surface area contributed by atoms with Gasteiger partial charge in [0.2, 0.25) is 5.88 Å². The van der Waals surface area contributed by atoms with Crippen molar-refractivity contribution in [2.45, 2.75) is 44.6 Å². The topological polar surface area (TPSA) is 87.2 Å². The summed E-state index contributed by atoms with van der Waals surface area (Å²) in [7, 11) is 0. The van der Waals surface area contributed by atoms with Gasteiger partial charge in [0.05, 0.1) is 21.8 Å². The molecule has 1 spiro atoms. The molecule has 0 saturated carbocycles. The first-order valence-electron chi connectivity index (χ1n) is 10.6. The number of hydrogen-bond donors (Lipinski definition) is 2. The first-order chi connectivity index (χ1) is 15.3. The molecule has 9 heteroatoms. The van der Waals surface area contributed by atoms with Gasteiger partial charge in [-0.15, -0.1) is 0 Å². The number of benzene rings is 1. The average Bonchev–Trinajstić information content (AvgIpc) is 3.06. The summed E-state index contributed by atoms with van der Waals surface area (Å²) in [6, 6.07) is 9.03. The quantitative estimate of drug-likeness (QED) is 0.682. The number of pyridine rings is 1. The van der Waals surface area contributed by atoms with Crippen molar-refractivity contribution >= 4 is 34.7 Å². The van der Waals surface area contributed by atoms with E-state index < -0.39 is 11.8 Å². The molecule has 1 saturated heterocycles. The molecule has 0 radical (unpaired) electrons. The summed E-state index contributed by atoms with van der Waals surface area (Å²) >= 11 is 12.6. The van der Waals surface area contributed by atoms with Crippen LogP contribution in [0.3, 0.4) is 0 Å². The van der Waals surface area contributed by atoms with Crippen LogP contribution in [0.4, 0.5) is 5.69 Å². The maximum atomic E-state index is 11.1. The van der Waals surface area contributed by atoms with Crippen LogP contribution in [0, 0.1) is 0 Å². The summed E-state index contributed by atoms with van der Waals surface area (Å²) in [5.41, 5.74) is 8.46. The number of aliphatic imine (C=N–C) groups is 1. The van der Waals surface area contributed by atoms with E-state index in [1.165, 1.54) is 0 Å². The number of piperidine rings is 1. The molecule has 7 nitrogen and oxygen atoms in total. The third kappa shape index (κ3) is 3.27. The maximum Gasteiger partial charge on any atom is 0.218 e. The molecule has 3 aliphatic rings. The summed E-state index contributed by atoms with van der Waals surface area (Å²) < 4.78 is 6.25. The highest BCUT2D eigenvalue weighted by atomic mass is 35.5. The predicted molar refractivity (Wildman–Crippen MR) is 126 cm³/mol. The molecule has 0 aliphatic carbocycles. The lowest BCUT2D eigenvalue weighted by Gasteiger charge is -2.44. The van der Waals surface area contributed by atoms with Crippen molar-refractivity contribution < 1.29 is 9.84 Å². The Labute approximate surface area is 197 Å². The third-order valence-electron chi connectivity index (χ3n) is 6.70. The summed E-state index contributed by atoms with van der Waals surface area (Å²) in [5, 5.41) is 12.0. The zero-order valence-electron chi connectivity index (χ0n) is 17.9. The average molecular weight is 474 g/mol. The second-order valence-electron chi connectivity index (χ2n) is 8.51. The van der Waals surface area contributed by atoms with Crippen molar-refractivity contribution in [1.29, 1.82) is 0 Å². The number of amidine groups is 1. The number of aliphatic hydroxyl groups is 1.